The molecule has 2 aromatic carbocycles. The molecule has 0 spiro atoms. The molecule has 2 aliphatic heterocycles. The number of nitrogens with one attached hydrogen (secondary N) is 1. The predicted octanol–water partition coefficient (Wildman–Crippen LogP) is 2.80. The van der Waals surface area contributed by atoms with Crippen LogP contribution in [0.3, 0.4) is 0 Å². The van der Waals surface area contributed by atoms with Crippen LogP contribution in [0.4, 0.5) is 20.6 Å². The third kappa shape index (κ3) is 4.79. The summed E-state index contributed by atoms with van der Waals surface area (Å²) < 4.78 is 20.3. The molecule has 0 saturated carbocycles. The molecule has 0 radical (unpaired) electrons. The second kappa shape index (κ2) is 9.80. The number of rotatable bonds is 5. The number of carbonyl (C=O) groups is 3. The van der Waals surface area contributed by atoms with Gasteiger partial charge in [0.15, 0.2) is 0 Å². The van der Waals surface area contributed by atoms with Gasteiger partial charge < -0.3 is 19.9 Å². The largest absolute Gasteiger partial charge is 0.442 e. The van der Waals surface area contributed by atoms with Gasteiger partial charge in [0, 0.05) is 44.7 Å². The minimum absolute atomic E-state index is 0.0925. The standard InChI is InChI=1S/C26H26FN5O4/c1-17(33)28-15-21-16-32(26(35)36-21)20-6-7-24(22(27)13-20)30-8-10-31(11-9-30)25(34)19-12-18-4-2-3-5-23(18)29-14-19/h2-7,12-14,21H,8-11,15-16H2,1H3,(H,28,33). The molecule has 1 atom stereocenters. The highest BCUT2D eigenvalue weighted by atomic mass is 19.1. The number of fused-ring (bicyclic) bond motifs is 1. The van der Waals surface area contributed by atoms with E-state index in [0.717, 1.165) is 10.9 Å². The quantitative estimate of drug-likeness (QED) is 0.590. The average molecular weight is 492 g/mol. The summed E-state index contributed by atoms with van der Waals surface area (Å²) in [5.74, 6) is -0.759. The number of amides is 3. The van der Waals surface area contributed by atoms with Gasteiger partial charge in [-0.15, -0.1) is 0 Å². The zero-order valence-corrected chi connectivity index (χ0v) is 19.8. The van der Waals surface area contributed by atoms with Crippen LogP contribution < -0.4 is 15.1 Å². The first-order chi connectivity index (χ1) is 17.4. The van der Waals surface area contributed by atoms with Crippen LogP contribution in [-0.4, -0.2) is 73.2 Å². The Labute approximate surface area is 207 Å². The van der Waals surface area contributed by atoms with E-state index in [-0.39, 0.29) is 24.9 Å². The van der Waals surface area contributed by atoms with E-state index in [0.29, 0.717) is 43.1 Å². The second-order valence-electron chi connectivity index (χ2n) is 8.89. The highest BCUT2D eigenvalue weighted by Gasteiger charge is 2.33. The maximum absolute atomic E-state index is 15.1. The van der Waals surface area contributed by atoms with Crippen molar-refractivity contribution in [3.63, 3.8) is 0 Å². The van der Waals surface area contributed by atoms with E-state index >= 15 is 4.39 Å². The normalized spacial score (nSPS) is 17.9. The van der Waals surface area contributed by atoms with Crippen molar-refractivity contribution in [1.29, 1.82) is 0 Å². The summed E-state index contributed by atoms with van der Waals surface area (Å²) in [6.07, 6.45) is 0.528. The molecular formula is C26H26FN5O4. The van der Waals surface area contributed by atoms with Gasteiger partial charge in [0.2, 0.25) is 5.91 Å². The summed E-state index contributed by atoms with van der Waals surface area (Å²) in [6.45, 7) is 3.69. The number of cyclic esters (lactones) is 1. The third-order valence-electron chi connectivity index (χ3n) is 6.44. The molecule has 0 aliphatic carbocycles. The fourth-order valence-corrected chi connectivity index (χ4v) is 4.54. The highest BCUT2D eigenvalue weighted by Crippen LogP contribution is 2.29. The molecule has 0 bridgehead atoms. The number of halogens is 1. The number of pyridine rings is 1. The first-order valence-corrected chi connectivity index (χ1v) is 11.8. The summed E-state index contributed by atoms with van der Waals surface area (Å²) >= 11 is 0. The second-order valence-corrected chi connectivity index (χ2v) is 8.89. The molecule has 186 valence electrons. The number of benzene rings is 2. The number of para-hydroxylation sites is 1. The number of ether oxygens (including phenoxy) is 1. The van der Waals surface area contributed by atoms with E-state index in [2.05, 4.69) is 10.3 Å². The highest BCUT2D eigenvalue weighted by molar-refractivity contribution is 5.97. The van der Waals surface area contributed by atoms with Crippen LogP contribution in [0.15, 0.2) is 54.7 Å². The van der Waals surface area contributed by atoms with Crippen LogP contribution in [0, 0.1) is 5.82 Å². The predicted molar refractivity (Wildman–Crippen MR) is 133 cm³/mol. The number of anilines is 2. The molecule has 9 nitrogen and oxygen atoms in total. The molecule has 3 aromatic rings. The number of nitrogens with zero attached hydrogens (tertiary/aromatic N) is 4. The van der Waals surface area contributed by atoms with Crippen molar-refractivity contribution in [3.8, 4) is 0 Å². The van der Waals surface area contributed by atoms with Gasteiger partial charge in [0.05, 0.1) is 35.5 Å². The van der Waals surface area contributed by atoms with E-state index in [9.17, 15) is 14.4 Å². The number of hydrogen-bond acceptors (Lipinski definition) is 6. The lowest BCUT2D eigenvalue weighted by atomic mass is 10.1. The van der Waals surface area contributed by atoms with Crippen molar-refractivity contribution >= 4 is 40.2 Å². The van der Waals surface area contributed by atoms with Gasteiger partial charge in [0.1, 0.15) is 11.9 Å². The maximum Gasteiger partial charge on any atom is 0.414 e. The van der Waals surface area contributed by atoms with Crippen molar-refractivity contribution < 1.29 is 23.5 Å². The van der Waals surface area contributed by atoms with E-state index in [1.807, 2.05) is 35.2 Å². The summed E-state index contributed by atoms with van der Waals surface area (Å²) in [5, 5.41) is 3.53. The zero-order chi connectivity index (χ0) is 25.2. The third-order valence-corrected chi connectivity index (χ3v) is 6.44. The van der Waals surface area contributed by atoms with Crippen molar-refractivity contribution in [1.82, 2.24) is 15.2 Å². The Morgan fingerprint density at radius 1 is 1.11 bits per heavy atom. The van der Waals surface area contributed by atoms with Crippen LogP contribution in [0.25, 0.3) is 10.9 Å². The van der Waals surface area contributed by atoms with Crippen LogP contribution in [0.5, 0.6) is 0 Å². The molecule has 3 heterocycles. The van der Waals surface area contributed by atoms with Crippen LogP contribution in [0.1, 0.15) is 17.3 Å². The summed E-state index contributed by atoms with van der Waals surface area (Å²) in [4.78, 5) is 45.7. The maximum atomic E-state index is 15.1. The molecule has 1 aromatic heterocycles. The topological polar surface area (TPSA) is 95.1 Å². The van der Waals surface area contributed by atoms with Crippen LogP contribution in [-0.2, 0) is 9.53 Å². The van der Waals surface area contributed by atoms with Gasteiger partial charge in [-0.2, -0.15) is 0 Å². The molecule has 5 rings (SSSR count). The summed E-state index contributed by atoms with van der Waals surface area (Å²) in [5.41, 5.74) is 2.18. The van der Waals surface area contributed by atoms with E-state index in [1.165, 1.54) is 17.9 Å². The molecule has 10 heteroatoms. The number of piperazine rings is 1. The van der Waals surface area contributed by atoms with Gasteiger partial charge in [0.25, 0.3) is 5.91 Å². The first-order valence-electron chi connectivity index (χ1n) is 11.8. The Balaban J connectivity index is 1.21. The van der Waals surface area contributed by atoms with Crippen LogP contribution in [0.2, 0.25) is 0 Å². The minimum atomic E-state index is -0.576. The Morgan fingerprint density at radius 2 is 1.89 bits per heavy atom. The van der Waals surface area contributed by atoms with E-state index in [4.69, 9.17) is 4.74 Å². The van der Waals surface area contributed by atoms with Crippen molar-refractivity contribution in [3.05, 3.63) is 66.1 Å². The Bertz CT molecular complexity index is 1320. The van der Waals surface area contributed by atoms with Crippen molar-refractivity contribution in [2.45, 2.75) is 13.0 Å². The minimum Gasteiger partial charge on any atom is -0.442 e. The zero-order valence-electron chi connectivity index (χ0n) is 19.8. The summed E-state index contributed by atoms with van der Waals surface area (Å²) in [7, 11) is 0. The fourth-order valence-electron chi connectivity index (χ4n) is 4.54. The Morgan fingerprint density at radius 3 is 2.64 bits per heavy atom. The van der Waals surface area contributed by atoms with Gasteiger partial charge in [-0.1, -0.05) is 18.2 Å². The average Bonchev–Trinajstić information content (AvgIpc) is 3.27. The Hall–Kier alpha value is -4.21. The van der Waals surface area contributed by atoms with E-state index in [1.54, 1.807) is 23.2 Å². The van der Waals surface area contributed by atoms with Crippen molar-refractivity contribution in [2.75, 3.05) is 49.1 Å². The van der Waals surface area contributed by atoms with Crippen LogP contribution >= 0.6 is 0 Å². The van der Waals surface area contributed by atoms with Gasteiger partial charge in [-0.25, -0.2) is 9.18 Å². The number of carbonyl (C=O) groups excluding carboxylic acids is 3. The van der Waals surface area contributed by atoms with Gasteiger partial charge >= 0.3 is 6.09 Å². The smallest absolute Gasteiger partial charge is 0.414 e. The monoisotopic (exact) mass is 491 g/mol. The molecule has 1 N–H and O–H groups in total. The molecular weight excluding hydrogens is 465 g/mol. The fraction of sp³-hybridized carbons (Fsp3) is 0.308. The number of hydrogen-bond donors (Lipinski definition) is 1. The summed E-state index contributed by atoms with van der Waals surface area (Å²) in [6, 6.07) is 14.1. The molecule has 36 heavy (non-hydrogen) atoms. The molecule has 2 aliphatic rings. The SMILES string of the molecule is CC(=O)NCC1CN(c2ccc(N3CCN(C(=O)c4cnc5ccccc5c4)CC3)c(F)c2)C(=O)O1. The lowest BCUT2D eigenvalue weighted by Gasteiger charge is -2.36. The van der Waals surface area contributed by atoms with Gasteiger partial charge in [-0.05, 0) is 30.3 Å². The van der Waals surface area contributed by atoms with Crippen molar-refractivity contribution in [2.24, 2.45) is 0 Å². The molecule has 3 amide bonds. The Kier molecular flexibility index (Phi) is 6.41. The van der Waals surface area contributed by atoms with Gasteiger partial charge in [-0.3, -0.25) is 19.5 Å². The molecule has 2 saturated heterocycles. The lowest BCUT2D eigenvalue weighted by Crippen LogP contribution is -2.49. The molecule has 1 unspecified atom stereocenters. The first kappa shape index (κ1) is 23.5. The lowest BCUT2D eigenvalue weighted by molar-refractivity contribution is -0.119. The molecule has 2 fully saturated rings. The van der Waals surface area contributed by atoms with E-state index < -0.39 is 18.0 Å². The number of aromatic nitrogens is 1.